The van der Waals surface area contributed by atoms with Crippen LogP contribution >= 0.6 is 0 Å². The fraction of sp³-hybridized carbons (Fsp3) is 0.588. The van der Waals surface area contributed by atoms with Crippen molar-refractivity contribution >= 4 is 5.97 Å². The zero-order valence-electron chi connectivity index (χ0n) is 12.9. The van der Waals surface area contributed by atoms with Gasteiger partial charge < -0.3 is 9.84 Å². The van der Waals surface area contributed by atoms with Gasteiger partial charge in [0.1, 0.15) is 6.04 Å². The number of benzene rings is 1. The maximum Gasteiger partial charge on any atom is 0.325 e. The Bertz CT molecular complexity index is 473. The van der Waals surface area contributed by atoms with Gasteiger partial charge >= 0.3 is 5.97 Å². The van der Waals surface area contributed by atoms with E-state index in [0.29, 0.717) is 19.1 Å². The maximum atomic E-state index is 11.6. The molecule has 0 spiro atoms. The molecule has 1 N–H and O–H groups in total. The normalized spacial score (nSPS) is 18.7. The summed E-state index contributed by atoms with van der Waals surface area (Å²) in [4.78, 5) is 13.6. The van der Waals surface area contributed by atoms with Gasteiger partial charge in [-0.1, -0.05) is 38.1 Å². The van der Waals surface area contributed by atoms with E-state index >= 15 is 0 Å². The van der Waals surface area contributed by atoms with Crippen LogP contribution in [0.15, 0.2) is 24.3 Å². The lowest BCUT2D eigenvalue weighted by molar-refractivity contribution is -0.144. The van der Waals surface area contributed by atoms with E-state index in [-0.39, 0.29) is 0 Å². The van der Waals surface area contributed by atoms with Gasteiger partial charge in [-0.2, -0.15) is 0 Å². The van der Waals surface area contributed by atoms with Crippen LogP contribution in [0.3, 0.4) is 0 Å². The van der Waals surface area contributed by atoms with Crippen molar-refractivity contribution in [1.82, 2.24) is 4.90 Å². The molecule has 4 nitrogen and oxygen atoms in total. The number of rotatable bonds is 7. The molecule has 1 heterocycles. The van der Waals surface area contributed by atoms with Gasteiger partial charge in [-0.3, -0.25) is 9.69 Å². The Hall–Kier alpha value is -1.39. The summed E-state index contributed by atoms with van der Waals surface area (Å²) in [5.41, 5.74) is 2.08. The molecule has 1 aliphatic rings. The molecule has 4 heteroatoms. The third-order valence-corrected chi connectivity index (χ3v) is 3.98. The van der Waals surface area contributed by atoms with E-state index in [4.69, 9.17) is 4.74 Å². The molecule has 1 aromatic rings. The Morgan fingerprint density at radius 1 is 1.38 bits per heavy atom. The van der Waals surface area contributed by atoms with E-state index < -0.39 is 12.0 Å². The monoisotopic (exact) mass is 291 g/mol. The first-order chi connectivity index (χ1) is 10.1. The minimum Gasteiger partial charge on any atom is -0.480 e. The summed E-state index contributed by atoms with van der Waals surface area (Å²) in [5, 5.41) is 9.55. The van der Waals surface area contributed by atoms with E-state index in [9.17, 15) is 9.90 Å². The number of carboxylic acid groups (broad SMARTS) is 1. The average Bonchev–Trinajstić information content (AvgIpc) is 2.45. The summed E-state index contributed by atoms with van der Waals surface area (Å²) in [7, 11) is 0. The Kier molecular flexibility index (Phi) is 5.76. The van der Waals surface area contributed by atoms with E-state index in [1.807, 2.05) is 29.2 Å². The first kappa shape index (κ1) is 16.0. The molecular formula is C17H25NO3. The number of fused-ring (bicyclic) bond motifs is 1. The Balaban J connectivity index is 1.93. The predicted octanol–water partition coefficient (Wildman–Crippen LogP) is 2.73. The molecule has 1 aromatic carbocycles. The van der Waals surface area contributed by atoms with Crippen molar-refractivity contribution in [3.05, 3.63) is 35.4 Å². The third kappa shape index (κ3) is 4.29. The second-order valence-corrected chi connectivity index (χ2v) is 6.02. The van der Waals surface area contributed by atoms with Gasteiger partial charge in [0, 0.05) is 19.7 Å². The zero-order chi connectivity index (χ0) is 15.2. The van der Waals surface area contributed by atoms with E-state index in [1.54, 1.807) is 0 Å². The van der Waals surface area contributed by atoms with Crippen LogP contribution in [-0.4, -0.2) is 42.3 Å². The van der Waals surface area contributed by atoms with Gasteiger partial charge in [0.05, 0.1) is 6.61 Å². The van der Waals surface area contributed by atoms with Crippen LogP contribution < -0.4 is 0 Å². The fourth-order valence-electron chi connectivity index (χ4n) is 2.75. The zero-order valence-corrected chi connectivity index (χ0v) is 12.9. The second kappa shape index (κ2) is 7.57. The molecule has 1 unspecified atom stereocenters. The molecule has 1 aliphatic heterocycles. The molecule has 0 aliphatic carbocycles. The third-order valence-electron chi connectivity index (χ3n) is 3.98. The molecule has 116 valence electrons. The molecule has 21 heavy (non-hydrogen) atoms. The van der Waals surface area contributed by atoms with Crippen molar-refractivity contribution in [3.8, 4) is 0 Å². The van der Waals surface area contributed by atoms with Crippen LogP contribution in [-0.2, 0) is 16.0 Å². The molecular weight excluding hydrogens is 266 g/mol. The van der Waals surface area contributed by atoms with Gasteiger partial charge in [-0.05, 0) is 29.9 Å². The van der Waals surface area contributed by atoms with Gasteiger partial charge in [-0.15, -0.1) is 0 Å². The minimum absolute atomic E-state index is 0.538. The SMILES string of the molecule is CC(C)CCOCCN1CCc2ccccc2C1C(=O)O. The van der Waals surface area contributed by atoms with Crippen molar-refractivity contribution in [3.63, 3.8) is 0 Å². The van der Waals surface area contributed by atoms with Gasteiger partial charge in [0.25, 0.3) is 0 Å². The Morgan fingerprint density at radius 3 is 2.86 bits per heavy atom. The van der Waals surface area contributed by atoms with Crippen LogP contribution in [0.2, 0.25) is 0 Å². The summed E-state index contributed by atoms with van der Waals surface area (Å²) >= 11 is 0. The lowest BCUT2D eigenvalue weighted by Gasteiger charge is -2.34. The number of nitrogens with zero attached hydrogens (tertiary/aromatic N) is 1. The molecule has 0 aromatic heterocycles. The summed E-state index contributed by atoms with van der Waals surface area (Å²) in [5.74, 6) is -0.136. The summed E-state index contributed by atoms with van der Waals surface area (Å²) < 4.78 is 5.63. The number of carbonyl (C=O) groups is 1. The van der Waals surface area contributed by atoms with Gasteiger partial charge in [0.15, 0.2) is 0 Å². The van der Waals surface area contributed by atoms with Crippen LogP contribution in [0, 0.1) is 5.92 Å². The van der Waals surface area contributed by atoms with Crippen LogP contribution in [0.1, 0.15) is 37.4 Å². The molecule has 0 saturated heterocycles. The molecule has 0 bridgehead atoms. The number of ether oxygens (including phenoxy) is 1. The highest BCUT2D eigenvalue weighted by molar-refractivity contribution is 5.76. The number of aliphatic carboxylic acids is 1. The van der Waals surface area contributed by atoms with Gasteiger partial charge in [0.2, 0.25) is 0 Å². The van der Waals surface area contributed by atoms with Crippen LogP contribution in [0.25, 0.3) is 0 Å². The average molecular weight is 291 g/mol. The second-order valence-electron chi connectivity index (χ2n) is 6.02. The quantitative estimate of drug-likeness (QED) is 0.785. The van der Waals surface area contributed by atoms with E-state index in [0.717, 1.165) is 37.1 Å². The molecule has 1 atom stereocenters. The number of hydrogen-bond acceptors (Lipinski definition) is 3. The van der Waals surface area contributed by atoms with Crippen molar-refractivity contribution in [1.29, 1.82) is 0 Å². The topological polar surface area (TPSA) is 49.8 Å². The highest BCUT2D eigenvalue weighted by atomic mass is 16.5. The largest absolute Gasteiger partial charge is 0.480 e. The van der Waals surface area contributed by atoms with E-state index in [2.05, 4.69) is 13.8 Å². The predicted molar refractivity (Wildman–Crippen MR) is 82.4 cm³/mol. The molecule has 0 saturated carbocycles. The van der Waals surface area contributed by atoms with Crippen molar-refractivity contribution in [2.24, 2.45) is 5.92 Å². The first-order valence-corrected chi connectivity index (χ1v) is 7.72. The molecule has 0 amide bonds. The fourth-order valence-corrected chi connectivity index (χ4v) is 2.75. The highest BCUT2D eigenvalue weighted by Crippen LogP contribution is 2.29. The summed E-state index contributed by atoms with van der Waals surface area (Å²) in [6.07, 6.45) is 1.96. The van der Waals surface area contributed by atoms with Gasteiger partial charge in [-0.25, -0.2) is 0 Å². The summed E-state index contributed by atoms with van der Waals surface area (Å²) in [6, 6.07) is 7.31. The Labute approximate surface area is 126 Å². The standard InChI is InChI=1S/C17H25NO3/c1-13(2)8-11-21-12-10-18-9-7-14-5-3-4-6-15(14)16(18)17(19)20/h3-6,13,16H,7-12H2,1-2H3,(H,19,20). The molecule has 2 rings (SSSR count). The van der Waals surface area contributed by atoms with Crippen LogP contribution in [0.4, 0.5) is 0 Å². The number of hydrogen-bond donors (Lipinski definition) is 1. The summed E-state index contributed by atoms with van der Waals surface area (Å²) in [6.45, 7) is 7.14. The van der Waals surface area contributed by atoms with Crippen molar-refractivity contribution in [2.45, 2.75) is 32.7 Å². The van der Waals surface area contributed by atoms with E-state index in [1.165, 1.54) is 0 Å². The highest BCUT2D eigenvalue weighted by Gasteiger charge is 2.32. The lowest BCUT2D eigenvalue weighted by atomic mass is 9.92. The minimum atomic E-state index is -0.774. The number of carboxylic acids is 1. The molecule has 0 radical (unpaired) electrons. The maximum absolute atomic E-state index is 11.6. The lowest BCUT2D eigenvalue weighted by Crippen LogP contribution is -2.41. The Morgan fingerprint density at radius 2 is 2.14 bits per heavy atom. The van der Waals surface area contributed by atoms with Crippen LogP contribution in [0.5, 0.6) is 0 Å². The molecule has 0 fully saturated rings. The first-order valence-electron chi connectivity index (χ1n) is 7.72. The van der Waals surface area contributed by atoms with Crippen molar-refractivity contribution in [2.75, 3.05) is 26.3 Å². The smallest absolute Gasteiger partial charge is 0.325 e. The van der Waals surface area contributed by atoms with Crippen molar-refractivity contribution < 1.29 is 14.6 Å².